The fourth-order valence-electron chi connectivity index (χ4n) is 3.61. The van der Waals surface area contributed by atoms with E-state index < -0.39 is 0 Å². The molecule has 5 heteroatoms. The summed E-state index contributed by atoms with van der Waals surface area (Å²) in [6.07, 6.45) is 0. The highest BCUT2D eigenvalue weighted by molar-refractivity contribution is 5.85. The Hall–Kier alpha value is -2.82. The average Bonchev–Trinajstić information content (AvgIpc) is 2.80. The Morgan fingerprint density at radius 3 is 1.93 bits per heavy atom. The number of ether oxygens (including phenoxy) is 1. The van der Waals surface area contributed by atoms with Gasteiger partial charge in [-0.3, -0.25) is 9.69 Å². The van der Waals surface area contributed by atoms with Gasteiger partial charge in [-0.15, -0.1) is 12.4 Å². The number of halogens is 1. The van der Waals surface area contributed by atoms with Crippen molar-refractivity contribution in [3.05, 3.63) is 90.5 Å². The summed E-state index contributed by atoms with van der Waals surface area (Å²) in [5, 5.41) is 0. The summed E-state index contributed by atoms with van der Waals surface area (Å²) in [4.78, 5) is 16.8. The quantitative estimate of drug-likeness (QED) is 0.586. The summed E-state index contributed by atoms with van der Waals surface area (Å²) in [6, 6.07) is 28.6. The van der Waals surface area contributed by atoms with E-state index in [1.54, 1.807) is 0 Å². The molecule has 0 N–H and O–H groups in total. The lowest BCUT2D eigenvalue weighted by Crippen LogP contribution is -2.49. The molecule has 0 aliphatic carbocycles. The molecule has 1 aliphatic rings. The summed E-state index contributed by atoms with van der Waals surface area (Å²) >= 11 is 0. The predicted octanol–water partition coefficient (Wildman–Crippen LogP) is 4.50. The number of benzene rings is 3. The summed E-state index contributed by atoms with van der Waals surface area (Å²) in [5.41, 5.74) is 3.62. The third-order valence-electron chi connectivity index (χ3n) is 5.30. The molecule has 156 valence electrons. The third-order valence-corrected chi connectivity index (χ3v) is 5.30. The lowest BCUT2D eigenvalue weighted by molar-refractivity contribution is -0.135. The molecule has 1 aliphatic heterocycles. The monoisotopic (exact) mass is 422 g/mol. The first kappa shape index (κ1) is 21.9. The fraction of sp³-hybridized carbons (Fsp3) is 0.240. The lowest BCUT2D eigenvalue weighted by Gasteiger charge is -2.34. The molecular formula is C25H27ClN2O2. The number of hydrogen-bond donors (Lipinski definition) is 0. The van der Waals surface area contributed by atoms with E-state index in [0.717, 1.165) is 44.0 Å². The molecule has 1 fully saturated rings. The Morgan fingerprint density at radius 2 is 1.30 bits per heavy atom. The van der Waals surface area contributed by atoms with Crippen molar-refractivity contribution in [2.45, 2.75) is 6.54 Å². The van der Waals surface area contributed by atoms with Crippen LogP contribution in [0.3, 0.4) is 0 Å². The SMILES string of the molecule is Cl.O=C(COc1ccc(-c2ccccc2)cc1)N1CCN(Cc2ccccc2)CC1. The third kappa shape index (κ3) is 5.85. The molecule has 1 saturated heterocycles. The standard InChI is InChI=1S/C25H26N2O2.ClH/c28-25(27-17-15-26(16-18-27)19-21-7-3-1-4-8-21)20-29-24-13-11-23(12-14-24)22-9-5-2-6-10-22;/h1-14H,15-20H2;1H. The molecule has 3 aromatic rings. The van der Waals surface area contributed by atoms with Gasteiger partial charge in [0.05, 0.1) is 0 Å². The fourth-order valence-corrected chi connectivity index (χ4v) is 3.61. The zero-order valence-corrected chi connectivity index (χ0v) is 17.8. The minimum Gasteiger partial charge on any atom is -0.484 e. The number of amides is 1. The van der Waals surface area contributed by atoms with E-state index >= 15 is 0 Å². The Labute approximate surface area is 184 Å². The van der Waals surface area contributed by atoms with Gasteiger partial charge in [-0.2, -0.15) is 0 Å². The smallest absolute Gasteiger partial charge is 0.260 e. The van der Waals surface area contributed by atoms with Gasteiger partial charge in [-0.1, -0.05) is 72.8 Å². The van der Waals surface area contributed by atoms with Crippen LogP contribution in [-0.2, 0) is 11.3 Å². The van der Waals surface area contributed by atoms with E-state index in [1.165, 1.54) is 11.1 Å². The van der Waals surface area contributed by atoms with Gasteiger partial charge in [0.25, 0.3) is 5.91 Å². The molecule has 0 saturated carbocycles. The van der Waals surface area contributed by atoms with Crippen LogP contribution in [0.2, 0.25) is 0 Å². The second-order valence-corrected chi connectivity index (χ2v) is 7.32. The second kappa shape index (κ2) is 10.8. The first-order chi connectivity index (χ1) is 14.3. The second-order valence-electron chi connectivity index (χ2n) is 7.32. The van der Waals surface area contributed by atoms with Gasteiger partial charge in [0.15, 0.2) is 6.61 Å². The van der Waals surface area contributed by atoms with Crippen molar-refractivity contribution in [1.29, 1.82) is 0 Å². The molecule has 30 heavy (non-hydrogen) atoms. The number of carbonyl (C=O) groups is 1. The molecule has 4 nitrogen and oxygen atoms in total. The molecule has 0 bridgehead atoms. The number of nitrogens with zero attached hydrogens (tertiary/aromatic N) is 2. The lowest BCUT2D eigenvalue weighted by atomic mass is 10.1. The van der Waals surface area contributed by atoms with Crippen LogP contribution in [0.4, 0.5) is 0 Å². The van der Waals surface area contributed by atoms with Gasteiger partial charge >= 0.3 is 0 Å². The maximum Gasteiger partial charge on any atom is 0.260 e. The van der Waals surface area contributed by atoms with E-state index in [-0.39, 0.29) is 24.9 Å². The highest BCUT2D eigenvalue weighted by Crippen LogP contribution is 2.22. The molecule has 0 spiro atoms. The average molecular weight is 423 g/mol. The van der Waals surface area contributed by atoms with Crippen LogP contribution in [-0.4, -0.2) is 48.5 Å². The van der Waals surface area contributed by atoms with Crippen LogP contribution in [0.1, 0.15) is 5.56 Å². The molecule has 4 rings (SSSR count). The molecule has 0 radical (unpaired) electrons. The van der Waals surface area contributed by atoms with Crippen LogP contribution < -0.4 is 4.74 Å². The number of carbonyl (C=O) groups excluding carboxylic acids is 1. The Balaban J connectivity index is 0.00000256. The first-order valence-corrected chi connectivity index (χ1v) is 10.1. The molecule has 3 aromatic carbocycles. The van der Waals surface area contributed by atoms with Crippen molar-refractivity contribution < 1.29 is 9.53 Å². The summed E-state index contributed by atoms with van der Waals surface area (Å²) in [7, 11) is 0. The molecule has 0 atom stereocenters. The van der Waals surface area contributed by atoms with E-state index in [2.05, 4.69) is 41.3 Å². The number of hydrogen-bond acceptors (Lipinski definition) is 3. The highest BCUT2D eigenvalue weighted by atomic mass is 35.5. The van der Waals surface area contributed by atoms with E-state index in [9.17, 15) is 4.79 Å². The molecule has 1 heterocycles. The predicted molar refractivity (Wildman–Crippen MR) is 123 cm³/mol. The van der Waals surface area contributed by atoms with Crippen LogP contribution in [0.15, 0.2) is 84.9 Å². The van der Waals surface area contributed by atoms with Crippen LogP contribution in [0, 0.1) is 0 Å². The number of piperazine rings is 1. The first-order valence-electron chi connectivity index (χ1n) is 10.1. The maximum absolute atomic E-state index is 12.5. The van der Waals surface area contributed by atoms with Crippen LogP contribution in [0.25, 0.3) is 11.1 Å². The minimum atomic E-state index is 0. The van der Waals surface area contributed by atoms with Crippen molar-refractivity contribution in [3.63, 3.8) is 0 Å². The molecule has 0 aromatic heterocycles. The van der Waals surface area contributed by atoms with Crippen molar-refractivity contribution in [2.24, 2.45) is 0 Å². The highest BCUT2D eigenvalue weighted by Gasteiger charge is 2.21. The zero-order valence-electron chi connectivity index (χ0n) is 16.9. The van der Waals surface area contributed by atoms with Gasteiger partial charge < -0.3 is 9.64 Å². The molecule has 0 unspecified atom stereocenters. The van der Waals surface area contributed by atoms with Crippen molar-refractivity contribution in [3.8, 4) is 16.9 Å². The number of rotatable bonds is 6. The summed E-state index contributed by atoms with van der Waals surface area (Å²) < 4.78 is 5.73. The Bertz CT molecular complexity index is 909. The van der Waals surface area contributed by atoms with Gasteiger partial charge in [-0.25, -0.2) is 0 Å². The van der Waals surface area contributed by atoms with E-state index in [0.29, 0.717) is 0 Å². The van der Waals surface area contributed by atoms with Gasteiger partial charge in [-0.05, 0) is 28.8 Å². The summed E-state index contributed by atoms with van der Waals surface area (Å²) in [6.45, 7) is 4.32. The largest absolute Gasteiger partial charge is 0.484 e. The van der Waals surface area contributed by atoms with E-state index in [1.807, 2.05) is 53.4 Å². The Morgan fingerprint density at radius 1 is 0.733 bits per heavy atom. The van der Waals surface area contributed by atoms with Crippen LogP contribution in [0.5, 0.6) is 5.75 Å². The van der Waals surface area contributed by atoms with Gasteiger partial charge in [0, 0.05) is 32.7 Å². The van der Waals surface area contributed by atoms with Crippen molar-refractivity contribution in [2.75, 3.05) is 32.8 Å². The summed E-state index contributed by atoms with van der Waals surface area (Å²) in [5.74, 6) is 0.775. The molecular weight excluding hydrogens is 396 g/mol. The van der Waals surface area contributed by atoms with Crippen molar-refractivity contribution in [1.82, 2.24) is 9.80 Å². The van der Waals surface area contributed by atoms with Crippen LogP contribution >= 0.6 is 12.4 Å². The van der Waals surface area contributed by atoms with Gasteiger partial charge in [0.1, 0.15) is 5.75 Å². The minimum absolute atomic E-state index is 0. The zero-order chi connectivity index (χ0) is 19.9. The normalized spacial score (nSPS) is 14.1. The van der Waals surface area contributed by atoms with Gasteiger partial charge in [0.2, 0.25) is 0 Å². The topological polar surface area (TPSA) is 32.8 Å². The molecule has 1 amide bonds. The van der Waals surface area contributed by atoms with E-state index in [4.69, 9.17) is 4.74 Å². The Kier molecular flexibility index (Phi) is 7.89. The van der Waals surface area contributed by atoms with Crippen molar-refractivity contribution >= 4 is 18.3 Å². The maximum atomic E-state index is 12.5.